The molecule has 58 heavy (non-hydrogen) atoms. The van der Waals surface area contributed by atoms with Crippen molar-refractivity contribution in [2.75, 3.05) is 28.4 Å². The summed E-state index contributed by atoms with van der Waals surface area (Å²) in [6.07, 6.45) is 3.38. The first-order chi connectivity index (χ1) is 28.5. The molecule has 8 heteroatoms. The van der Waals surface area contributed by atoms with Crippen LogP contribution in [0.1, 0.15) is 22.3 Å². The van der Waals surface area contributed by atoms with Gasteiger partial charge in [-0.05, 0) is 96.5 Å². The van der Waals surface area contributed by atoms with E-state index < -0.39 is 0 Å². The molecule has 2 N–H and O–H groups in total. The molecule has 6 aromatic carbocycles. The fourth-order valence-electron chi connectivity index (χ4n) is 8.01. The minimum atomic E-state index is 0.629. The van der Waals surface area contributed by atoms with E-state index in [4.69, 9.17) is 28.9 Å². The van der Waals surface area contributed by atoms with Crippen molar-refractivity contribution in [3.05, 3.63) is 156 Å². The summed E-state index contributed by atoms with van der Waals surface area (Å²) < 4.78 is 22.6. The molecule has 12 rings (SSSR count). The van der Waals surface area contributed by atoms with E-state index in [0.29, 0.717) is 23.0 Å². The van der Waals surface area contributed by atoms with Gasteiger partial charge in [-0.15, -0.1) is 0 Å². The van der Waals surface area contributed by atoms with Crippen LogP contribution in [0.15, 0.2) is 133 Å². The third-order valence-corrected chi connectivity index (χ3v) is 11.1. The van der Waals surface area contributed by atoms with Gasteiger partial charge in [0.1, 0.15) is 11.6 Å². The first-order valence-electron chi connectivity index (χ1n) is 19.5. The quantitative estimate of drug-likeness (QED) is 0.144. The lowest BCUT2D eigenvalue weighted by Crippen LogP contribution is -2.03. The van der Waals surface area contributed by atoms with Gasteiger partial charge < -0.3 is 28.9 Å². The van der Waals surface area contributed by atoms with E-state index in [0.717, 1.165) is 93.5 Å². The monoisotopic (exact) mass is 764 g/mol. The molecule has 0 fully saturated rings. The topological polar surface area (TPSA) is 94.3 Å². The normalized spacial score (nSPS) is 12.2. The van der Waals surface area contributed by atoms with Crippen molar-refractivity contribution >= 4 is 0 Å². The molecule has 0 saturated carbocycles. The van der Waals surface area contributed by atoms with Crippen LogP contribution in [0.3, 0.4) is 0 Å². The van der Waals surface area contributed by atoms with Crippen molar-refractivity contribution in [3.63, 3.8) is 0 Å². The van der Waals surface area contributed by atoms with Crippen LogP contribution in [0, 0.1) is 0 Å². The number of hydrogen-bond acceptors (Lipinski definition) is 6. The molecule has 4 bridgehead atoms. The Morgan fingerprint density at radius 1 is 0.397 bits per heavy atom. The summed E-state index contributed by atoms with van der Waals surface area (Å²) in [4.78, 5) is 18.2. The summed E-state index contributed by atoms with van der Waals surface area (Å²) >= 11 is 0. The number of rotatable bonds is 10. The Hall–Kier alpha value is -7.06. The van der Waals surface area contributed by atoms with Gasteiger partial charge in [-0.25, -0.2) is 9.97 Å². The molecule has 0 saturated heterocycles. The van der Waals surface area contributed by atoms with Gasteiger partial charge in [0, 0.05) is 33.4 Å². The molecule has 8 nitrogen and oxygen atoms in total. The lowest BCUT2D eigenvalue weighted by molar-refractivity contribution is 0.355. The Kier molecular flexibility index (Phi) is 9.98. The van der Waals surface area contributed by atoms with Crippen LogP contribution in [-0.2, 0) is 25.7 Å². The van der Waals surface area contributed by atoms with Crippen LogP contribution in [0.5, 0.6) is 23.0 Å². The van der Waals surface area contributed by atoms with Gasteiger partial charge in [0.15, 0.2) is 23.0 Å². The number of aryl methyl sites for hydroxylation is 4. The number of hydrogen-bond donors (Lipinski definition) is 2. The lowest BCUT2D eigenvalue weighted by Gasteiger charge is -2.16. The number of aromatic nitrogens is 4. The van der Waals surface area contributed by atoms with Gasteiger partial charge in [-0.3, -0.25) is 0 Å². The van der Waals surface area contributed by atoms with Gasteiger partial charge in [-0.2, -0.15) is 0 Å². The average molecular weight is 765 g/mol. The molecule has 0 atom stereocenters. The van der Waals surface area contributed by atoms with E-state index >= 15 is 0 Å². The molecular formula is C50H44N4O4. The van der Waals surface area contributed by atoms with Crippen molar-refractivity contribution in [2.45, 2.75) is 25.7 Å². The standard InChI is InChI=1S/C50H44N4O4/c1-55-41-25-23-37(29-43(41)57-3)47-48(38-24-26-42(56-2)44(30-38)58-4)54-50(53-47)40-28-32-16-15-31-17-19-33(21-22-34(40)20-18-32)39(27-31)49-51-45(35-11-7-5-8-12-35)46(52-49)36-13-9-6-10-14-36/h5-14,17-20,23-30H,15-16,21-22H2,1-4H3,(H,51,52)(H,53,54). The molecule has 0 spiro atoms. The molecule has 0 aliphatic heterocycles. The fourth-order valence-corrected chi connectivity index (χ4v) is 8.01. The molecular weight excluding hydrogens is 721 g/mol. The number of benzene rings is 6. The molecule has 0 radical (unpaired) electrons. The third kappa shape index (κ3) is 6.98. The molecule has 4 aliphatic carbocycles. The highest BCUT2D eigenvalue weighted by Crippen LogP contribution is 2.41. The summed E-state index contributed by atoms with van der Waals surface area (Å²) in [6.45, 7) is 0. The average Bonchev–Trinajstić information content (AvgIpc) is 3.93. The highest BCUT2D eigenvalue weighted by Gasteiger charge is 2.23. The number of ether oxygens (including phenoxy) is 4. The first kappa shape index (κ1) is 36.6. The van der Waals surface area contributed by atoms with Crippen LogP contribution in [-0.4, -0.2) is 48.4 Å². The Labute approximate surface area is 338 Å². The molecule has 0 unspecified atom stereocenters. The molecule has 4 aliphatic rings. The lowest BCUT2D eigenvalue weighted by atomic mass is 9.90. The molecule has 0 amide bonds. The Bertz CT molecular complexity index is 2610. The van der Waals surface area contributed by atoms with Crippen molar-refractivity contribution in [3.8, 4) is 90.8 Å². The maximum absolute atomic E-state index is 5.73. The minimum Gasteiger partial charge on any atom is -0.493 e. The first-order valence-corrected chi connectivity index (χ1v) is 19.5. The third-order valence-electron chi connectivity index (χ3n) is 11.1. The Balaban J connectivity index is 1.14. The van der Waals surface area contributed by atoms with Gasteiger partial charge >= 0.3 is 0 Å². The molecule has 288 valence electrons. The second-order valence-electron chi connectivity index (χ2n) is 14.5. The van der Waals surface area contributed by atoms with E-state index in [2.05, 4.69) is 94.9 Å². The van der Waals surface area contributed by atoms with Gasteiger partial charge in [0.25, 0.3) is 0 Å². The Morgan fingerprint density at radius 2 is 0.845 bits per heavy atom. The predicted octanol–water partition coefficient (Wildman–Crippen LogP) is 11.1. The van der Waals surface area contributed by atoms with Crippen LogP contribution >= 0.6 is 0 Å². The van der Waals surface area contributed by atoms with E-state index in [9.17, 15) is 0 Å². The zero-order valence-electron chi connectivity index (χ0n) is 33.1. The summed E-state index contributed by atoms with van der Waals surface area (Å²) in [5.74, 6) is 4.25. The second-order valence-corrected chi connectivity index (χ2v) is 14.5. The highest BCUT2D eigenvalue weighted by atomic mass is 16.5. The van der Waals surface area contributed by atoms with Crippen molar-refractivity contribution < 1.29 is 18.9 Å². The largest absolute Gasteiger partial charge is 0.493 e. The SMILES string of the molecule is COc1ccc(-c2nc(-c3cc4ccc3CCc3ccc(cc3-c3nc(-c5ccccc5)c(-c5ccccc5)[nH]3)CC4)[nH]c2-c2ccc(OC)c(OC)c2)cc1OC. The summed E-state index contributed by atoms with van der Waals surface area (Å²) in [7, 11) is 6.58. The predicted molar refractivity (Wildman–Crippen MR) is 231 cm³/mol. The molecule has 8 aromatic rings. The summed E-state index contributed by atoms with van der Waals surface area (Å²) in [5.41, 5.74) is 14.8. The van der Waals surface area contributed by atoms with Gasteiger partial charge in [0.05, 0.1) is 51.2 Å². The number of imidazole rings is 2. The second kappa shape index (κ2) is 15.8. The number of aromatic amines is 2. The fraction of sp³-hybridized carbons (Fsp3) is 0.160. The number of H-pyrrole nitrogens is 2. The maximum atomic E-state index is 5.73. The van der Waals surface area contributed by atoms with Gasteiger partial charge in [-0.1, -0.05) is 84.9 Å². The van der Waals surface area contributed by atoms with Crippen LogP contribution in [0.2, 0.25) is 0 Å². The Morgan fingerprint density at radius 3 is 1.36 bits per heavy atom. The van der Waals surface area contributed by atoms with Gasteiger partial charge in [0.2, 0.25) is 0 Å². The van der Waals surface area contributed by atoms with Crippen molar-refractivity contribution in [1.82, 2.24) is 19.9 Å². The van der Waals surface area contributed by atoms with Crippen molar-refractivity contribution in [2.24, 2.45) is 0 Å². The zero-order chi connectivity index (χ0) is 39.6. The van der Waals surface area contributed by atoms with Crippen LogP contribution in [0.25, 0.3) is 67.8 Å². The summed E-state index contributed by atoms with van der Waals surface area (Å²) in [6, 6.07) is 46.5. The summed E-state index contributed by atoms with van der Waals surface area (Å²) in [5, 5.41) is 0. The number of nitrogens with zero attached hydrogens (tertiary/aromatic N) is 2. The van der Waals surface area contributed by atoms with Crippen molar-refractivity contribution in [1.29, 1.82) is 0 Å². The van der Waals surface area contributed by atoms with E-state index in [1.165, 1.54) is 22.3 Å². The van der Waals surface area contributed by atoms with Crippen LogP contribution < -0.4 is 18.9 Å². The minimum absolute atomic E-state index is 0.629. The zero-order valence-corrected chi connectivity index (χ0v) is 33.1. The highest BCUT2D eigenvalue weighted by molar-refractivity contribution is 5.84. The van der Waals surface area contributed by atoms with E-state index in [1.54, 1.807) is 28.4 Å². The number of methoxy groups -OCH3 is 4. The maximum Gasteiger partial charge on any atom is 0.161 e. The van der Waals surface area contributed by atoms with Crippen LogP contribution in [0.4, 0.5) is 0 Å². The van der Waals surface area contributed by atoms with E-state index in [1.807, 2.05) is 48.5 Å². The molecule has 2 heterocycles. The number of nitrogens with one attached hydrogen (secondary N) is 2. The van der Waals surface area contributed by atoms with E-state index in [-0.39, 0.29) is 0 Å². The molecule has 2 aromatic heterocycles. The smallest absolute Gasteiger partial charge is 0.161 e.